The van der Waals surface area contributed by atoms with E-state index in [2.05, 4.69) is 127 Å². The Morgan fingerprint density at radius 1 is 0.950 bits per heavy atom. The highest BCUT2D eigenvalue weighted by Crippen LogP contribution is 2.50. The first-order valence-corrected chi connectivity index (χ1v) is 14.8. The Morgan fingerprint density at radius 2 is 1.73 bits per heavy atom. The number of allylic oxidation sites excluding steroid dienone is 2. The van der Waals surface area contributed by atoms with Crippen molar-refractivity contribution in [2.75, 3.05) is 12.4 Å². The van der Waals surface area contributed by atoms with Gasteiger partial charge in [-0.25, -0.2) is 0 Å². The summed E-state index contributed by atoms with van der Waals surface area (Å²) in [5, 5.41) is 3.83. The van der Waals surface area contributed by atoms with Gasteiger partial charge in [-0.1, -0.05) is 71.8 Å². The molecule has 5 heteroatoms. The molecule has 4 aromatic carbocycles. The molecule has 0 saturated heterocycles. The molecule has 1 heterocycles. The largest absolute Gasteiger partial charge is 0.493 e. The maximum atomic E-state index is 6.14. The van der Waals surface area contributed by atoms with Gasteiger partial charge in [0, 0.05) is 17.8 Å². The van der Waals surface area contributed by atoms with Crippen molar-refractivity contribution in [3.05, 3.63) is 128 Å². The highest BCUT2D eigenvalue weighted by molar-refractivity contribution is 14.1. The number of benzene rings is 4. The standard InChI is InChI=1S/C35H33IN2O2/c1-22-7-10-24(11-8-22)21-40-35-31(36)18-25(19-33(35)39-3)20-37-27-14-12-26(13-15-27)34-29-6-4-5-28(29)30-17-23(2)9-16-32(30)38-34/h4-5,7-20,28-29,34,38H,6,21H2,1-3H3/t28-,29+,34-/m0/s1. The average Bonchev–Trinajstić information content (AvgIpc) is 3.47. The van der Waals surface area contributed by atoms with Crippen LogP contribution in [-0.4, -0.2) is 13.3 Å². The molecule has 4 nitrogen and oxygen atoms in total. The van der Waals surface area contributed by atoms with Crippen LogP contribution in [0.1, 0.15) is 51.8 Å². The number of nitrogens with zero attached hydrogens (tertiary/aromatic N) is 1. The maximum absolute atomic E-state index is 6.14. The summed E-state index contributed by atoms with van der Waals surface area (Å²) in [7, 11) is 1.67. The predicted octanol–water partition coefficient (Wildman–Crippen LogP) is 9.07. The number of aryl methyl sites for hydroxylation is 2. The number of halogens is 1. The summed E-state index contributed by atoms with van der Waals surface area (Å²) in [5.41, 5.74) is 9.54. The number of nitrogens with one attached hydrogen (secondary N) is 1. The lowest BCUT2D eigenvalue weighted by atomic mass is 9.76. The van der Waals surface area contributed by atoms with E-state index in [0.717, 1.165) is 32.6 Å². The fourth-order valence-corrected chi connectivity index (χ4v) is 6.54. The van der Waals surface area contributed by atoms with E-state index >= 15 is 0 Å². The van der Waals surface area contributed by atoms with Crippen molar-refractivity contribution in [3.63, 3.8) is 0 Å². The summed E-state index contributed by atoms with van der Waals surface area (Å²) in [6.07, 6.45) is 7.72. The van der Waals surface area contributed by atoms with Crippen LogP contribution in [0.2, 0.25) is 0 Å². The summed E-state index contributed by atoms with van der Waals surface area (Å²) in [6.45, 7) is 4.75. The molecule has 1 aliphatic carbocycles. The molecule has 0 unspecified atom stereocenters. The van der Waals surface area contributed by atoms with Crippen molar-refractivity contribution in [2.45, 2.75) is 38.8 Å². The maximum Gasteiger partial charge on any atom is 0.174 e. The van der Waals surface area contributed by atoms with Crippen LogP contribution in [0.5, 0.6) is 11.5 Å². The van der Waals surface area contributed by atoms with Crippen LogP contribution in [-0.2, 0) is 6.61 Å². The summed E-state index contributed by atoms with van der Waals surface area (Å²) in [4.78, 5) is 4.77. The molecule has 1 N–H and O–H groups in total. The average molecular weight is 641 g/mol. The van der Waals surface area contributed by atoms with Crippen LogP contribution >= 0.6 is 22.6 Å². The second-order valence-corrected chi connectivity index (χ2v) is 11.9. The Bertz CT molecular complexity index is 1570. The van der Waals surface area contributed by atoms with Gasteiger partial charge in [-0.2, -0.15) is 0 Å². The number of fused-ring (bicyclic) bond motifs is 3. The SMILES string of the molecule is COc1cc(C=Nc2ccc([C@@H]3Nc4ccc(C)cc4[C@H]4C=CC[C@H]43)cc2)cc(I)c1OCc1ccc(C)cc1. The molecule has 0 bridgehead atoms. The molecule has 6 rings (SSSR count). The molecule has 0 amide bonds. The van der Waals surface area contributed by atoms with E-state index in [1.165, 1.54) is 27.9 Å². The molecule has 0 fully saturated rings. The molecule has 40 heavy (non-hydrogen) atoms. The number of anilines is 1. The third kappa shape index (κ3) is 5.52. The summed E-state index contributed by atoms with van der Waals surface area (Å²) in [6, 6.07) is 28.1. The van der Waals surface area contributed by atoms with Crippen molar-refractivity contribution in [1.29, 1.82) is 0 Å². The molecule has 3 atom stereocenters. The zero-order valence-corrected chi connectivity index (χ0v) is 25.2. The van der Waals surface area contributed by atoms with Crippen molar-refractivity contribution in [2.24, 2.45) is 10.9 Å². The molecule has 2 aliphatic rings. The monoisotopic (exact) mass is 640 g/mol. The van der Waals surface area contributed by atoms with Gasteiger partial charge in [-0.3, -0.25) is 4.99 Å². The van der Waals surface area contributed by atoms with Gasteiger partial charge in [0.25, 0.3) is 0 Å². The molecule has 0 radical (unpaired) electrons. The fourth-order valence-electron chi connectivity index (χ4n) is 5.75. The van der Waals surface area contributed by atoms with Gasteiger partial charge >= 0.3 is 0 Å². The van der Waals surface area contributed by atoms with E-state index in [0.29, 0.717) is 24.2 Å². The van der Waals surface area contributed by atoms with Crippen LogP contribution in [0.15, 0.2) is 96.0 Å². The van der Waals surface area contributed by atoms with Crippen molar-refractivity contribution < 1.29 is 9.47 Å². The van der Waals surface area contributed by atoms with E-state index < -0.39 is 0 Å². The van der Waals surface area contributed by atoms with E-state index in [9.17, 15) is 0 Å². The quantitative estimate of drug-likeness (QED) is 0.125. The Morgan fingerprint density at radius 3 is 2.50 bits per heavy atom. The molecule has 202 valence electrons. The minimum Gasteiger partial charge on any atom is -0.493 e. The first-order valence-electron chi connectivity index (χ1n) is 13.7. The normalized spacial score (nSPS) is 19.2. The van der Waals surface area contributed by atoms with E-state index in [1.54, 1.807) is 7.11 Å². The molecular weight excluding hydrogens is 607 g/mol. The van der Waals surface area contributed by atoms with Crippen molar-refractivity contribution in [1.82, 2.24) is 0 Å². The zero-order valence-electron chi connectivity index (χ0n) is 23.0. The Hall–Kier alpha value is -3.58. The number of hydrogen-bond acceptors (Lipinski definition) is 4. The van der Waals surface area contributed by atoms with E-state index in [-0.39, 0.29) is 6.04 Å². The molecule has 0 saturated carbocycles. The van der Waals surface area contributed by atoms with Crippen LogP contribution in [0.3, 0.4) is 0 Å². The highest BCUT2D eigenvalue weighted by atomic mass is 127. The lowest BCUT2D eigenvalue weighted by Gasteiger charge is -2.37. The Kier molecular flexibility index (Phi) is 7.65. The molecule has 0 spiro atoms. The number of methoxy groups -OCH3 is 1. The van der Waals surface area contributed by atoms with Crippen LogP contribution in [0.25, 0.3) is 0 Å². The third-order valence-corrected chi connectivity index (χ3v) is 8.69. The van der Waals surface area contributed by atoms with Gasteiger partial charge in [0.2, 0.25) is 0 Å². The minimum absolute atomic E-state index is 0.284. The van der Waals surface area contributed by atoms with Crippen LogP contribution in [0.4, 0.5) is 11.4 Å². The van der Waals surface area contributed by atoms with Crippen LogP contribution < -0.4 is 14.8 Å². The van der Waals surface area contributed by atoms with Gasteiger partial charge < -0.3 is 14.8 Å². The third-order valence-electron chi connectivity index (χ3n) is 7.89. The van der Waals surface area contributed by atoms with Gasteiger partial charge in [0.15, 0.2) is 11.5 Å². The number of hydrogen-bond donors (Lipinski definition) is 1. The zero-order chi connectivity index (χ0) is 27.6. The first-order chi connectivity index (χ1) is 19.5. The first kappa shape index (κ1) is 26.6. The summed E-state index contributed by atoms with van der Waals surface area (Å²) >= 11 is 2.30. The molecule has 0 aromatic heterocycles. The predicted molar refractivity (Wildman–Crippen MR) is 172 cm³/mol. The second-order valence-electron chi connectivity index (χ2n) is 10.7. The Balaban J connectivity index is 1.16. The lowest BCUT2D eigenvalue weighted by Crippen LogP contribution is -2.29. The van der Waals surface area contributed by atoms with E-state index in [1.807, 2.05) is 12.3 Å². The lowest BCUT2D eigenvalue weighted by molar-refractivity contribution is 0.282. The van der Waals surface area contributed by atoms with Gasteiger partial charge in [0.05, 0.1) is 22.4 Å². The fraction of sp³-hybridized carbons (Fsp3) is 0.229. The topological polar surface area (TPSA) is 42.8 Å². The van der Waals surface area contributed by atoms with Crippen LogP contribution in [0, 0.1) is 23.3 Å². The smallest absolute Gasteiger partial charge is 0.174 e. The number of rotatable bonds is 7. The summed E-state index contributed by atoms with van der Waals surface area (Å²) < 4.78 is 12.8. The van der Waals surface area contributed by atoms with Crippen molar-refractivity contribution >= 4 is 40.2 Å². The van der Waals surface area contributed by atoms with Gasteiger partial charge in [0.1, 0.15) is 6.61 Å². The van der Waals surface area contributed by atoms with Gasteiger partial charge in [-0.05, 0) is 101 Å². The highest BCUT2D eigenvalue weighted by Gasteiger charge is 2.37. The number of aliphatic imine (C=N–C) groups is 1. The summed E-state index contributed by atoms with van der Waals surface area (Å²) in [5.74, 6) is 2.46. The van der Waals surface area contributed by atoms with Crippen molar-refractivity contribution in [3.8, 4) is 11.5 Å². The number of ether oxygens (including phenoxy) is 2. The minimum atomic E-state index is 0.284. The molecular formula is C35H33IN2O2. The van der Waals surface area contributed by atoms with Gasteiger partial charge in [-0.15, -0.1) is 0 Å². The van der Waals surface area contributed by atoms with E-state index in [4.69, 9.17) is 14.5 Å². The molecule has 1 aliphatic heterocycles. The Labute approximate surface area is 250 Å². The second kappa shape index (κ2) is 11.5. The molecule has 4 aromatic rings.